The summed E-state index contributed by atoms with van der Waals surface area (Å²) in [5.41, 5.74) is 0. The van der Waals surface area contributed by atoms with Gasteiger partial charge in [0.05, 0.1) is 0 Å². The van der Waals surface area contributed by atoms with E-state index in [0.29, 0.717) is 0 Å². The van der Waals surface area contributed by atoms with E-state index in [1.807, 2.05) is 0 Å². The van der Waals surface area contributed by atoms with Crippen molar-refractivity contribution in [3.8, 4) is 0 Å². The molecule has 0 radical (unpaired) electrons. The molecule has 0 aromatic carbocycles. The fraction of sp³-hybridized carbons (Fsp3) is 0.882. The summed E-state index contributed by atoms with van der Waals surface area (Å²) in [4.78, 5) is 0. The van der Waals surface area contributed by atoms with E-state index < -0.39 is 0 Å². The molecule has 0 heterocycles. The third-order valence-electron chi connectivity index (χ3n) is 3.27. The summed E-state index contributed by atoms with van der Waals surface area (Å²) in [7, 11) is 0. The van der Waals surface area contributed by atoms with Gasteiger partial charge in [-0.15, -0.1) is 0 Å². The van der Waals surface area contributed by atoms with Gasteiger partial charge in [0.1, 0.15) is 0 Å². The molecule has 18 heavy (non-hydrogen) atoms. The van der Waals surface area contributed by atoms with Crippen LogP contribution in [-0.4, -0.2) is 13.1 Å². The second-order valence-electron chi connectivity index (χ2n) is 5.27. The van der Waals surface area contributed by atoms with Gasteiger partial charge in [-0.2, -0.15) is 0 Å². The Morgan fingerprint density at radius 3 is 1.89 bits per heavy atom. The molecule has 0 bridgehead atoms. The van der Waals surface area contributed by atoms with Gasteiger partial charge < -0.3 is 5.32 Å². The summed E-state index contributed by atoms with van der Waals surface area (Å²) >= 11 is 0. The highest BCUT2D eigenvalue weighted by atomic mass is 14.8. The summed E-state index contributed by atoms with van der Waals surface area (Å²) in [6.45, 7) is 6.87. The SMILES string of the molecule is CCC/C=C/CCCCCCCCCNCCC. The minimum atomic E-state index is 1.19. The number of nitrogens with one attached hydrogen (secondary N) is 1. The molecule has 0 rings (SSSR count). The lowest BCUT2D eigenvalue weighted by Gasteiger charge is -2.03. The first-order chi connectivity index (χ1) is 8.91. The zero-order valence-electron chi connectivity index (χ0n) is 12.8. The Balaban J connectivity index is 2.94. The molecule has 0 aliphatic carbocycles. The van der Waals surface area contributed by atoms with Crippen molar-refractivity contribution in [3.05, 3.63) is 12.2 Å². The molecule has 1 N–H and O–H groups in total. The molecule has 0 saturated heterocycles. The lowest BCUT2D eigenvalue weighted by molar-refractivity contribution is 0.557. The third kappa shape index (κ3) is 15.7. The highest BCUT2D eigenvalue weighted by Gasteiger charge is 1.91. The summed E-state index contributed by atoms with van der Waals surface area (Å²) < 4.78 is 0. The molecule has 0 aliphatic heterocycles. The van der Waals surface area contributed by atoms with E-state index in [1.165, 1.54) is 83.7 Å². The third-order valence-corrected chi connectivity index (χ3v) is 3.27. The van der Waals surface area contributed by atoms with E-state index in [4.69, 9.17) is 0 Å². The zero-order valence-corrected chi connectivity index (χ0v) is 12.8. The molecule has 0 amide bonds. The molecule has 0 unspecified atom stereocenters. The van der Waals surface area contributed by atoms with Crippen molar-refractivity contribution in [1.29, 1.82) is 0 Å². The van der Waals surface area contributed by atoms with Crippen LogP contribution in [-0.2, 0) is 0 Å². The van der Waals surface area contributed by atoms with Crippen LogP contribution in [0.3, 0.4) is 0 Å². The molecule has 0 spiro atoms. The van der Waals surface area contributed by atoms with Gasteiger partial charge in [-0.25, -0.2) is 0 Å². The summed E-state index contributed by atoms with van der Waals surface area (Å²) in [5.74, 6) is 0. The number of allylic oxidation sites excluding steroid dienone is 2. The predicted octanol–water partition coefficient (Wildman–Crippen LogP) is 5.46. The molecular formula is C17H35N. The average Bonchev–Trinajstić information content (AvgIpc) is 2.39. The second kappa shape index (κ2) is 16.7. The van der Waals surface area contributed by atoms with Crippen LogP contribution in [0, 0.1) is 0 Å². The first kappa shape index (κ1) is 17.7. The number of hydrogen-bond donors (Lipinski definition) is 1. The topological polar surface area (TPSA) is 12.0 Å². The average molecular weight is 253 g/mol. The van der Waals surface area contributed by atoms with Gasteiger partial charge in [0.2, 0.25) is 0 Å². The van der Waals surface area contributed by atoms with E-state index in [0.717, 1.165) is 0 Å². The maximum Gasteiger partial charge on any atom is -0.00489 e. The summed E-state index contributed by atoms with van der Waals surface area (Å²) in [6, 6.07) is 0. The molecular weight excluding hydrogens is 218 g/mol. The first-order valence-electron chi connectivity index (χ1n) is 8.27. The van der Waals surface area contributed by atoms with Gasteiger partial charge in [-0.1, -0.05) is 64.5 Å². The normalized spacial score (nSPS) is 11.4. The van der Waals surface area contributed by atoms with Crippen LogP contribution in [0.1, 0.15) is 84.5 Å². The minimum absolute atomic E-state index is 1.19. The molecule has 0 atom stereocenters. The van der Waals surface area contributed by atoms with Crippen LogP contribution < -0.4 is 5.32 Å². The van der Waals surface area contributed by atoms with Crippen molar-refractivity contribution in [2.75, 3.05) is 13.1 Å². The number of hydrogen-bond acceptors (Lipinski definition) is 1. The predicted molar refractivity (Wildman–Crippen MR) is 84.1 cm³/mol. The smallest absolute Gasteiger partial charge is 0.00489 e. The van der Waals surface area contributed by atoms with Crippen molar-refractivity contribution in [2.24, 2.45) is 0 Å². The molecule has 0 aromatic heterocycles. The fourth-order valence-corrected chi connectivity index (χ4v) is 2.10. The second-order valence-corrected chi connectivity index (χ2v) is 5.27. The van der Waals surface area contributed by atoms with Crippen LogP contribution in [0.15, 0.2) is 12.2 Å². The van der Waals surface area contributed by atoms with E-state index in [2.05, 4.69) is 31.3 Å². The first-order valence-corrected chi connectivity index (χ1v) is 8.27. The summed E-state index contributed by atoms with van der Waals surface area (Å²) in [6.07, 6.45) is 19.7. The van der Waals surface area contributed by atoms with E-state index in [-0.39, 0.29) is 0 Å². The van der Waals surface area contributed by atoms with Gasteiger partial charge in [0, 0.05) is 0 Å². The van der Waals surface area contributed by atoms with Crippen LogP contribution in [0.4, 0.5) is 0 Å². The molecule has 1 nitrogen and oxygen atoms in total. The highest BCUT2D eigenvalue weighted by molar-refractivity contribution is 4.80. The van der Waals surface area contributed by atoms with Crippen LogP contribution in [0.25, 0.3) is 0 Å². The van der Waals surface area contributed by atoms with Crippen molar-refractivity contribution in [1.82, 2.24) is 5.32 Å². The van der Waals surface area contributed by atoms with Crippen LogP contribution in [0.2, 0.25) is 0 Å². The Labute approximate surface area is 115 Å². The molecule has 0 saturated carbocycles. The Kier molecular flexibility index (Phi) is 16.4. The van der Waals surface area contributed by atoms with Crippen molar-refractivity contribution in [2.45, 2.75) is 84.5 Å². The standard InChI is InChI=1S/C17H35N/c1-3-5-6-7-8-9-10-11-12-13-14-15-17-18-16-4-2/h6-7,18H,3-5,8-17H2,1-2H3/b7-6+. The monoisotopic (exact) mass is 253 g/mol. The van der Waals surface area contributed by atoms with Gasteiger partial charge >= 0.3 is 0 Å². The van der Waals surface area contributed by atoms with Gasteiger partial charge in [-0.3, -0.25) is 0 Å². The maximum absolute atomic E-state index is 3.46. The molecule has 1 heteroatoms. The lowest BCUT2D eigenvalue weighted by Crippen LogP contribution is -2.15. The Morgan fingerprint density at radius 1 is 0.611 bits per heavy atom. The number of rotatable bonds is 14. The number of unbranched alkanes of at least 4 members (excludes halogenated alkanes) is 8. The van der Waals surface area contributed by atoms with Crippen LogP contribution >= 0.6 is 0 Å². The van der Waals surface area contributed by atoms with Crippen molar-refractivity contribution in [3.63, 3.8) is 0 Å². The minimum Gasteiger partial charge on any atom is -0.317 e. The van der Waals surface area contributed by atoms with Crippen molar-refractivity contribution >= 4 is 0 Å². The van der Waals surface area contributed by atoms with Gasteiger partial charge in [0.25, 0.3) is 0 Å². The summed E-state index contributed by atoms with van der Waals surface area (Å²) in [5, 5.41) is 3.46. The zero-order chi connectivity index (χ0) is 13.3. The molecule has 108 valence electrons. The van der Waals surface area contributed by atoms with E-state index in [1.54, 1.807) is 0 Å². The van der Waals surface area contributed by atoms with Crippen LogP contribution in [0.5, 0.6) is 0 Å². The molecule has 0 aliphatic rings. The van der Waals surface area contributed by atoms with E-state index in [9.17, 15) is 0 Å². The lowest BCUT2D eigenvalue weighted by atomic mass is 10.1. The Hall–Kier alpha value is -0.300. The fourth-order valence-electron chi connectivity index (χ4n) is 2.10. The molecule has 0 fully saturated rings. The van der Waals surface area contributed by atoms with Gasteiger partial charge in [-0.05, 0) is 45.2 Å². The Morgan fingerprint density at radius 2 is 1.22 bits per heavy atom. The maximum atomic E-state index is 3.46. The molecule has 0 aromatic rings. The van der Waals surface area contributed by atoms with Crippen molar-refractivity contribution < 1.29 is 0 Å². The van der Waals surface area contributed by atoms with E-state index >= 15 is 0 Å². The highest BCUT2D eigenvalue weighted by Crippen LogP contribution is 2.08. The Bertz CT molecular complexity index is 163. The quantitative estimate of drug-likeness (QED) is 0.320. The largest absolute Gasteiger partial charge is 0.317 e. The van der Waals surface area contributed by atoms with Gasteiger partial charge in [0.15, 0.2) is 0 Å².